The highest BCUT2D eigenvalue weighted by atomic mass is 79.9. The molecule has 1 aromatic carbocycles. The second kappa shape index (κ2) is 8.68. The summed E-state index contributed by atoms with van der Waals surface area (Å²) in [5.74, 6) is 0.565. The normalized spacial score (nSPS) is 20.9. The molecule has 0 radical (unpaired) electrons. The maximum Gasteiger partial charge on any atom is 0.137 e. The van der Waals surface area contributed by atoms with Crippen molar-refractivity contribution in [3.63, 3.8) is 0 Å². The van der Waals surface area contributed by atoms with Crippen molar-refractivity contribution >= 4 is 40.7 Å². The van der Waals surface area contributed by atoms with E-state index in [0.717, 1.165) is 31.7 Å². The summed E-state index contributed by atoms with van der Waals surface area (Å²) >= 11 is 3.24. The molecule has 1 atom stereocenters. The van der Waals surface area contributed by atoms with Crippen molar-refractivity contribution in [2.45, 2.75) is 25.3 Å². The molecular formula is C15H22BrCl2FN2. The van der Waals surface area contributed by atoms with Crippen LogP contribution in [0.3, 0.4) is 0 Å². The minimum absolute atomic E-state index is 0. The van der Waals surface area contributed by atoms with E-state index < -0.39 is 0 Å². The third kappa shape index (κ3) is 4.32. The van der Waals surface area contributed by atoms with Gasteiger partial charge in [0.05, 0.1) is 4.47 Å². The molecule has 2 nitrogen and oxygen atoms in total. The van der Waals surface area contributed by atoms with E-state index in [1.165, 1.54) is 19.3 Å². The molecule has 1 saturated carbocycles. The Labute approximate surface area is 146 Å². The van der Waals surface area contributed by atoms with Crippen LogP contribution in [-0.4, -0.2) is 31.1 Å². The Bertz CT molecular complexity index is 451. The summed E-state index contributed by atoms with van der Waals surface area (Å²) in [7, 11) is 0. The highest BCUT2D eigenvalue weighted by Gasteiger charge is 2.33. The molecular weight excluding hydrogens is 378 g/mol. The van der Waals surface area contributed by atoms with Crippen molar-refractivity contribution < 1.29 is 4.39 Å². The van der Waals surface area contributed by atoms with Crippen molar-refractivity contribution in [1.29, 1.82) is 0 Å². The zero-order valence-corrected chi connectivity index (χ0v) is 15.1. The first-order valence-corrected chi connectivity index (χ1v) is 7.95. The molecule has 21 heavy (non-hydrogen) atoms. The van der Waals surface area contributed by atoms with Gasteiger partial charge in [-0.15, -0.1) is 24.8 Å². The van der Waals surface area contributed by atoms with E-state index in [0.29, 0.717) is 16.4 Å². The highest BCUT2D eigenvalue weighted by Crippen LogP contribution is 2.42. The number of hydrogen-bond donors (Lipinski definition) is 1. The number of hydrogen-bond acceptors (Lipinski definition) is 2. The largest absolute Gasteiger partial charge is 0.314 e. The molecule has 1 saturated heterocycles. The van der Waals surface area contributed by atoms with Gasteiger partial charge in [-0.2, -0.15) is 0 Å². The van der Waals surface area contributed by atoms with Crippen molar-refractivity contribution in [3.8, 4) is 0 Å². The summed E-state index contributed by atoms with van der Waals surface area (Å²) in [5, 5.41) is 3.39. The third-order valence-electron chi connectivity index (χ3n) is 4.43. The van der Waals surface area contributed by atoms with Crippen molar-refractivity contribution in [1.82, 2.24) is 10.2 Å². The lowest BCUT2D eigenvalue weighted by molar-refractivity contribution is 0.0835. The topological polar surface area (TPSA) is 15.3 Å². The van der Waals surface area contributed by atoms with E-state index in [4.69, 9.17) is 0 Å². The predicted molar refractivity (Wildman–Crippen MR) is 93.1 cm³/mol. The van der Waals surface area contributed by atoms with E-state index in [-0.39, 0.29) is 30.6 Å². The number of piperazine rings is 1. The molecule has 0 spiro atoms. The molecule has 3 rings (SSSR count). The van der Waals surface area contributed by atoms with Gasteiger partial charge in [-0.3, -0.25) is 4.90 Å². The Morgan fingerprint density at radius 2 is 1.86 bits per heavy atom. The van der Waals surface area contributed by atoms with Gasteiger partial charge in [0.2, 0.25) is 0 Å². The fourth-order valence-corrected chi connectivity index (χ4v) is 3.44. The summed E-state index contributed by atoms with van der Waals surface area (Å²) in [6.07, 6.45) is 3.89. The van der Waals surface area contributed by atoms with E-state index in [9.17, 15) is 4.39 Å². The van der Waals surface area contributed by atoms with Crippen LogP contribution in [0.15, 0.2) is 22.7 Å². The molecule has 1 aliphatic carbocycles. The molecule has 1 N–H and O–H groups in total. The summed E-state index contributed by atoms with van der Waals surface area (Å²) < 4.78 is 14.4. The summed E-state index contributed by atoms with van der Waals surface area (Å²) in [5.41, 5.74) is 1.15. The molecule has 120 valence electrons. The van der Waals surface area contributed by atoms with Crippen LogP contribution in [-0.2, 0) is 0 Å². The molecule has 1 aliphatic heterocycles. The molecule has 1 heterocycles. The molecule has 2 aliphatic rings. The maximum atomic E-state index is 13.8. The summed E-state index contributed by atoms with van der Waals surface area (Å²) in [6, 6.07) is 6.05. The second-order valence-corrected chi connectivity index (χ2v) is 6.45. The molecule has 0 amide bonds. The van der Waals surface area contributed by atoms with Crippen molar-refractivity contribution in [2.24, 2.45) is 5.92 Å². The van der Waals surface area contributed by atoms with Crippen LogP contribution in [0.4, 0.5) is 4.39 Å². The summed E-state index contributed by atoms with van der Waals surface area (Å²) in [4.78, 5) is 2.53. The Hall–Kier alpha value is 0.130. The lowest BCUT2D eigenvalue weighted by atomic mass is 9.76. The second-order valence-electron chi connectivity index (χ2n) is 5.60. The van der Waals surface area contributed by atoms with Crippen LogP contribution >= 0.6 is 40.7 Å². The van der Waals surface area contributed by atoms with E-state index >= 15 is 0 Å². The van der Waals surface area contributed by atoms with Crippen LogP contribution in [0, 0.1) is 11.7 Å². The van der Waals surface area contributed by atoms with Crippen LogP contribution in [0.1, 0.15) is 30.9 Å². The average Bonchev–Trinajstić information content (AvgIpc) is 2.38. The van der Waals surface area contributed by atoms with Gasteiger partial charge in [0.25, 0.3) is 0 Å². The van der Waals surface area contributed by atoms with E-state index in [2.05, 4.69) is 32.2 Å². The van der Waals surface area contributed by atoms with Gasteiger partial charge < -0.3 is 5.32 Å². The number of nitrogens with one attached hydrogen (secondary N) is 1. The molecule has 0 aromatic heterocycles. The van der Waals surface area contributed by atoms with Gasteiger partial charge in [-0.25, -0.2) is 4.39 Å². The number of nitrogens with zero attached hydrogens (tertiary/aromatic N) is 1. The summed E-state index contributed by atoms with van der Waals surface area (Å²) in [6.45, 7) is 4.22. The standard InChI is InChI=1S/C15H20BrFN2.2ClH/c16-13-5-4-12(10-14(13)17)15(11-2-1-3-11)19-8-6-18-7-9-19;;/h4-5,10-11,15,18H,1-3,6-9H2;2*1H/t15-;;/m1../s1. The van der Waals surface area contributed by atoms with Gasteiger partial charge in [-0.05, 0) is 52.4 Å². The van der Waals surface area contributed by atoms with E-state index in [1.54, 1.807) is 6.07 Å². The smallest absolute Gasteiger partial charge is 0.137 e. The van der Waals surface area contributed by atoms with Crippen LogP contribution in [0.25, 0.3) is 0 Å². The number of rotatable bonds is 3. The van der Waals surface area contributed by atoms with Crippen molar-refractivity contribution in [2.75, 3.05) is 26.2 Å². The van der Waals surface area contributed by atoms with Gasteiger partial charge in [0, 0.05) is 32.2 Å². The Morgan fingerprint density at radius 1 is 1.19 bits per heavy atom. The van der Waals surface area contributed by atoms with Crippen LogP contribution in [0.2, 0.25) is 0 Å². The number of halogens is 4. The van der Waals surface area contributed by atoms with E-state index in [1.807, 2.05) is 6.07 Å². The SMILES string of the molecule is Cl.Cl.Fc1cc([C@@H](C2CCC2)N2CCNCC2)ccc1Br. The fraction of sp³-hybridized carbons (Fsp3) is 0.600. The highest BCUT2D eigenvalue weighted by molar-refractivity contribution is 9.10. The molecule has 6 heteroatoms. The van der Waals surface area contributed by atoms with Gasteiger partial charge in [0.1, 0.15) is 5.82 Å². The maximum absolute atomic E-state index is 13.8. The zero-order valence-electron chi connectivity index (χ0n) is 11.9. The molecule has 2 fully saturated rings. The fourth-order valence-electron chi connectivity index (χ4n) is 3.19. The first-order valence-electron chi connectivity index (χ1n) is 7.15. The molecule has 0 bridgehead atoms. The van der Waals surface area contributed by atoms with Gasteiger partial charge in [0.15, 0.2) is 0 Å². The third-order valence-corrected chi connectivity index (χ3v) is 5.07. The first kappa shape index (κ1) is 19.2. The lowest BCUT2D eigenvalue weighted by Crippen LogP contribution is -2.47. The lowest BCUT2D eigenvalue weighted by Gasteiger charge is -2.43. The molecule has 0 unspecified atom stereocenters. The van der Waals surface area contributed by atoms with Crippen LogP contribution < -0.4 is 5.32 Å². The number of benzene rings is 1. The minimum Gasteiger partial charge on any atom is -0.314 e. The Kier molecular flexibility index (Phi) is 7.93. The molecule has 1 aromatic rings. The quantitative estimate of drug-likeness (QED) is 0.820. The Balaban J connectivity index is 0.00000110. The zero-order chi connectivity index (χ0) is 13.2. The monoisotopic (exact) mass is 398 g/mol. The average molecular weight is 400 g/mol. The minimum atomic E-state index is -0.142. The predicted octanol–water partition coefficient (Wildman–Crippen LogP) is 4.18. The first-order chi connectivity index (χ1) is 9.25. The van der Waals surface area contributed by atoms with Crippen LogP contribution in [0.5, 0.6) is 0 Å². The Morgan fingerprint density at radius 3 is 2.38 bits per heavy atom. The van der Waals surface area contributed by atoms with Gasteiger partial charge in [-0.1, -0.05) is 12.5 Å². The van der Waals surface area contributed by atoms with Crippen molar-refractivity contribution in [3.05, 3.63) is 34.1 Å². The van der Waals surface area contributed by atoms with Gasteiger partial charge >= 0.3 is 0 Å².